The summed E-state index contributed by atoms with van der Waals surface area (Å²) in [5.74, 6) is 2.48. The van der Waals surface area contributed by atoms with E-state index in [9.17, 15) is 0 Å². The molecule has 3 heterocycles. The van der Waals surface area contributed by atoms with Crippen LogP contribution < -0.4 is 5.32 Å². The summed E-state index contributed by atoms with van der Waals surface area (Å²) in [5, 5.41) is 3.47. The summed E-state index contributed by atoms with van der Waals surface area (Å²) in [6.07, 6.45) is 3.52. The van der Waals surface area contributed by atoms with Gasteiger partial charge < -0.3 is 15.0 Å². The molecule has 6 heteroatoms. The number of hydrogen-bond donors (Lipinski definition) is 1. The first kappa shape index (κ1) is 18.5. The standard InChI is InChI=1S/C18H24BrN3O.HI/c1-2-20-18(21-9-12-4-3-5-13(19)8-12)22-10-14-15(11-22)17-7-6-16(14)23-17;/h3-5,8,14-17H,2,6-7,9-11H2,1H3,(H,20,21);1H. The van der Waals surface area contributed by atoms with E-state index in [1.807, 2.05) is 0 Å². The third-order valence-electron chi connectivity index (χ3n) is 5.39. The van der Waals surface area contributed by atoms with Crippen molar-refractivity contribution in [3.05, 3.63) is 34.3 Å². The lowest BCUT2D eigenvalue weighted by Gasteiger charge is -2.23. The summed E-state index contributed by atoms with van der Waals surface area (Å²) in [4.78, 5) is 7.32. The summed E-state index contributed by atoms with van der Waals surface area (Å²) in [7, 11) is 0. The molecule has 1 aromatic carbocycles. The third kappa shape index (κ3) is 3.60. The Bertz CT molecular complexity index is 594. The lowest BCUT2D eigenvalue weighted by Crippen LogP contribution is -2.41. The number of benzene rings is 1. The Morgan fingerprint density at radius 3 is 2.62 bits per heavy atom. The molecule has 3 aliphatic rings. The second-order valence-corrected chi connectivity index (χ2v) is 7.74. The van der Waals surface area contributed by atoms with E-state index in [4.69, 9.17) is 9.73 Å². The van der Waals surface area contributed by atoms with Gasteiger partial charge in [-0.2, -0.15) is 0 Å². The second-order valence-electron chi connectivity index (χ2n) is 6.82. The SMILES string of the molecule is CCNC(=NCc1cccc(Br)c1)N1CC2C3CCC(O3)C2C1.I. The van der Waals surface area contributed by atoms with Crippen LogP contribution in [0.1, 0.15) is 25.3 Å². The van der Waals surface area contributed by atoms with Crippen molar-refractivity contribution in [2.45, 2.75) is 38.5 Å². The van der Waals surface area contributed by atoms with Crippen LogP contribution in [0.4, 0.5) is 0 Å². The molecule has 0 aliphatic carbocycles. The molecule has 132 valence electrons. The number of likely N-dealkylation sites (tertiary alicyclic amines) is 1. The Morgan fingerprint density at radius 1 is 1.29 bits per heavy atom. The largest absolute Gasteiger partial charge is 0.374 e. The molecule has 2 bridgehead atoms. The fourth-order valence-corrected chi connectivity index (χ4v) is 4.81. The van der Waals surface area contributed by atoms with E-state index in [0.717, 1.165) is 36.6 Å². The first-order valence-corrected chi connectivity index (χ1v) is 9.47. The quantitative estimate of drug-likeness (QED) is 0.387. The number of nitrogens with zero attached hydrogens (tertiary/aromatic N) is 2. The summed E-state index contributed by atoms with van der Waals surface area (Å²) in [6, 6.07) is 8.39. The van der Waals surface area contributed by atoms with Gasteiger partial charge in [0, 0.05) is 35.9 Å². The second kappa shape index (κ2) is 7.91. The van der Waals surface area contributed by atoms with Crippen LogP contribution in [0.25, 0.3) is 0 Å². The van der Waals surface area contributed by atoms with Crippen molar-refractivity contribution in [1.29, 1.82) is 0 Å². The minimum absolute atomic E-state index is 0. The maximum atomic E-state index is 6.08. The minimum Gasteiger partial charge on any atom is -0.374 e. The molecule has 4 atom stereocenters. The average molecular weight is 506 g/mol. The zero-order chi connectivity index (χ0) is 15.8. The van der Waals surface area contributed by atoms with E-state index in [1.54, 1.807) is 0 Å². The van der Waals surface area contributed by atoms with Crippen LogP contribution in [-0.2, 0) is 11.3 Å². The van der Waals surface area contributed by atoms with Gasteiger partial charge in [0.15, 0.2) is 5.96 Å². The summed E-state index contributed by atoms with van der Waals surface area (Å²) in [6.45, 7) is 5.95. The van der Waals surface area contributed by atoms with Crippen LogP contribution in [0, 0.1) is 11.8 Å². The van der Waals surface area contributed by atoms with Crippen molar-refractivity contribution < 1.29 is 4.74 Å². The molecule has 3 aliphatic heterocycles. The van der Waals surface area contributed by atoms with Gasteiger partial charge in [-0.3, -0.25) is 0 Å². The maximum Gasteiger partial charge on any atom is 0.194 e. The van der Waals surface area contributed by atoms with E-state index in [1.165, 1.54) is 18.4 Å². The van der Waals surface area contributed by atoms with Gasteiger partial charge in [0.05, 0.1) is 18.8 Å². The maximum absolute atomic E-state index is 6.08. The van der Waals surface area contributed by atoms with E-state index in [-0.39, 0.29) is 24.0 Å². The highest BCUT2D eigenvalue weighted by atomic mass is 127. The van der Waals surface area contributed by atoms with Crippen molar-refractivity contribution in [2.24, 2.45) is 16.8 Å². The van der Waals surface area contributed by atoms with Gasteiger partial charge in [0.2, 0.25) is 0 Å². The number of rotatable bonds is 3. The van der Waals surface area contributed by atoms with Crippen LogP contribution in [0.3, 0.4) is 0 Å². The molecule has 4 rings (SSSR count). The molecule has 0 amide bonds. The fraction of sp³-hybridized carbons (Fsp3) is 0.611. The number of fused-ring (bicyclic) bond motifs is 5. The first-order chi connectivity index (χ1) is 11.2. The molecule has 3 fully saturated rings. The van der Waals surface area contributed by atoms with E-state index in [2.05, 4.69) is 57.3 Å². The molecule has 1 N–H and O–H groups in total. The van der Waals surface area contributed by atoms with Gasteiger partial charge in [-0.05, 0) is 37.5 Å². The van der Waals surface area contributed by atoms with Crippen LogP contribution in [0.5, 0.6) is 0 Å². The Kier molecular flexibility index (Phi) is 6.08. The molecule has 3 saturated heterocycles. The third-order valence-corrected chi connectivity index (χ3v) is 5.88. The van der Waals surface area contributed by atoms with Gasteiger partial charge >= 0.3 is 0 Å². The topological polar surface area (TPSA) is 36.9 Å². The highest BCUT2D eigenvalue weighted by Gasteiger charge is 2.53. The highest BCUT2D eigenvalue weighted by molar-refractivity contribution is 14.0. The van der Waals surface area contributed by atoms with E-state index in [0.29, 0.717) is 24.0 Å². The lowest BCUT2D eigenvalue weighted by atomic mass is 9.82. The number of aliphatic imine (C=N–C) groups is 1. The van der Waals surface area contributed by atoms with Crippen molar-refractivity contribution in [3.63, 3.8) is 0 Å². The normalized spacial score (nSPS) is 31.1. The number of halogens is 2. The van der Waals surface area contributed by atoms with Crippen molar-refractivity contribution in [1.82, 2.24) is 10.2 Å². The number of guanidine groups is 1. The Labute approximate surface area is 169 Å². The Hall–Kier alpha value is -0.340. The molecule has 0 saturated carbocycles. The molecule has 0 aromatic heterocycles. The first-order valence-electron chi connectivity index (χ1n) is 8.67. The molecular formula is C18H25BrIN3O. The van der Waals surface area contributed by atoms with Crippen LogP contribution >= 0.6 is 39.9 Å². The molecule has 0 spiro atoms. The van der Waals surface area contributed by atoms with Gasteiger partial charge in [-0.15, -0.1) is 24.0 Å². The predicted molar refractivity (Wildman–Crippen MR) is 111 cm³/mol. The number of ether oxygens (including phenoxy) is 1. The Morgan fingerprint density at radius 2 is 2.00 bits per heavy atom. The molecule has 4 nitrogen and oxygen atoms in total. The van der Waals surface area contributed by atoms with Crippen LogP contribution in [-0.4, -0.2) is 42.7 Å². The van der Waals surface area contributed by atoms with Gasteiger partial charge in [0.1, 0.15) is 0 Å². The van der Waals surface area contributed by atoms with Crippen LogP contribution in [0.2, 0.25) is 0 Å². The highest BCUT2D eigenvalue weighted by Crippen LogP contribution is 2.47. The molecular weight excluding hydrogens is 481 g/mol. The number of hydrogen-bond acceptors (Lipinski definition) is 2. The smallest absolute Gasteiger partial charge is 0.194 e. The van der Waals surface area contributed by atoms with E-state index < -0.39 is 0 Å². The zero-order valence-electron chi connectivity index (χ0n) is 14.0. The van der Waals surface area contributed by atoms with Gasteiger partial charge in [-0.25, -0.2) is 4.99 Å². The molecule has 1 aromatic rings. The van der Waals surface area contributed by atoms with Gasteiger partial charge in [-0.1, -0.05) is 28.1 Å². The fourth-order valence-electron chi connectivity index (χ4n) is 4.36. The zero-order valence-corrected chi connectivity index (χ0v) is 17.9. The predicted octanol–water partition coefficient (Wildman–Crippen LogP) is 3.64. The average Bonchev–Trinajstić information content (AvgIpc) is 3.23. The van der Waals surface area contributed by atoms with E-state index >= 15 is 0 Å². The lowest BCUT2D eigenvalue weighted by molar-refractivity contribution is 0.0767. The van der Waals surface area contributed by atoms with Crippen molar-refractivity contribution in [3.8, 4) is 0 Å². The monoisotopic (exact) mass is 505 g/mol. The molecule has 4 unspecified atom stereocenters. The summed E-state index contributed by atoms with van der Waals surface area (Å²) >= 11 is 3.53. The number of nitrogens with one attached hydrogen (secondary N) is 1. The molecule has 24 heavy (non-hydrogen) atoms. The summed E-state index contributed by atoms with van der Waals surface area (Å²) in [5.41, 5.74) is 1.23. The minimum atomic E-state index is 0. The van der Waals surface area contributed by atoms with Crippen LogP contribution in [0.15, 0.2) is 33.7 Å². The summed E-state index contributed by atoms with van der Waals surface area (Å²) < 4.78 is 7.19. The molecule has 0 radical (unpaired) electrons. The van der Waals surface area contributed by atoms with Crippen molar-refractivity contribution in [2.75, 3.05) is 19.6 Å². The van der Waals surface area contributed by atoms with Crippen molar-refractivity contribution >= 4 is 45.9 Å². The van der Waals surface area contributed by atoms with Gasteiger partial charge in [0.25, 0.3) is 0 Å². The Balaban J connectivity index is 0.00000169.